The normalized spacial score (nSPS) is 12.1. The first-order valence-corrected chi connectivity index (χ1v) is 14.8. The maximum atomic E-state index is 14.0. The quantitative estimate of drug-likeness (QED) is 0.308. The molecule has 3 aromatic carbocycles. The number of rotatable bonds is 11. The van der Waals surface area contributed by atoms with Crippen LogP contribution in [0.2, 0.25) is 10.0 Å². The summed E-state index contributed by atoms with van der Waals surface area (Å²) in [7, 11) is -4.13. The predicted molar refractivity (Wildman–Crippen MR) is 157 cm³/mol. The molecule has 208 valence electrons. The van der Waals surface area contributed by atoms with Crippen molar-refractivity contribution in [3.8, 4) is 0 Å². The van der Waals surface area contributed by atoms with Gasteiger partial charge in [-0.15, -0.1) is 0 Å². The molecular formula is C29H33Cl2N3O4S. The fraction of sp³-hybridized carbons (Fsp3) is 0.310. The molecule has 0 heterocycles. The summed E-state index contributed by atoms with van der Waals surface area (Å²) >= 11 is 12.8. The van der Waals surface area contributed by atoms with Crippen LogP contribution in [0.5, 0.6) is 0 Å². The standard InChI is InChI=1S/C29H33Cl2N3O4S/c1-5-16-32-29(36)22(4)33(18-25-26(30)12-9-13-27(25)31)28(35)19-34(23-15-14-20(2)21(3)17-23)39(37,38)24-10-7-6-8-11-24/h6-15,17,22H,5,16,18-19H2,1-4H3,(H,32,36). The number of carbonyl (C=O) groups is 2. The van der Waals surface area contributed by atoms with Crippen molar-refractivity contribution < 1.29 is 18.0 Å². The fourth-order valence-electron chi connectivity index (χ4n) is 3.96. The molecule has 0 spiro atoms. The first kappa shape index (κ1) is 30.5. The Kier molecular flexibility index (Phi) is 10.4. The Bertz CT molecular complexity index is 1410. The van der Waals surface area contributed by atoms with Crippen LogP contribution in [-0.4, -0.2) is 44.3 Å². The van der Waals surface area contributed by atoms with Crippen molar-refractivity contribution in [2.75, 3.05) is 17.4 Å². The number of halogens is 2. The second-order valence-electron chi connectivity index (χ2n) is 9.28. The van der Waals surface area contributed by atoms with E-state index < -0.39 is 28.5 Å². The highest BCUT2D eigenvalue weighted by Gasteiger charge is 2.33. The van der Waals surface area contributed by atoms with Gasteiger partial charge in [0.15, 0.2) is 0 Å². The van der Waals surface area contributed by atoms with Crippen LogP contribution in [0.1, 0.15) is 37.0 Å². The van der Waals surface area contributed by atoms with E-state index in [0.717, 1.165) is 21.9 Å². The molecule has 0 saturated heterocycles. The minimum absolute atomic E-state index is 0.0467. The topological polar surface area (TPSA) is 86.8 Å². The van der Waals surface area contributed by atoms with Crippen LogP contribution in [0.4, 0.5) is 5.69 Å². The van der Waals surface area contributed by atoms with Crippen LogP contribution in [0.25, 0.3) is 0 Å². The monoisotopic (exact) mass is 589 g/mol. The number of benzene rings is 3. The lowest BCUT2D eigenvalue weighted by atomic mass is 10.1. The zero-order valence-electron chi connectivity index (χ0n) is 22.4. The Morgan fingerprint density at radius 2 is 1.56 bits per heavy atom. The molecule has 10 heteroatoms. The summed E-state index contributed by atoms with van der Waals surface area (Å²) in [5, 5.41) is 3.48. The first-order valence-electron chi connectivity index (χ1n) is 12.6. The van der Waals surface area contributed by atoms with E-state index in [-0.39, 0.29) is 17.3 Å². The van der Waals surface area contributed by atoms with E-state index in [1.165, 1.54) is 17.0 Å². The number of carbonyl (C=O) groups excluding carboxylic acids is 2. The Labute approximate surface area is 240 Å². The maximum Gasteiger partial charge on any atom is 0.264 e. The van der Waals surface area contributed by atoms with Crippen LogP contribution in [0.15, 0.2) is 71.6 Å². The van der Waals surface area contributed by atoms with Crippen LogP contribution < -0.4 is 9.62 Å². The van der Waals surface area contributed by atoms with Gasteiger partial charge in [-0.1, -0.05) is 60.5 Å². The highest BCUT2D eigenvalue weighted by atomic mass is 35.5. The zero-order chi connectivity index (χ0) is 28.7. The van der Waals surface area contributed by atoms with E-state index in [9.17, 15) is 18.0 Å². The van der Waals surface area contributed by atoms with E-state index >= 15 is 0 Å². The van der Waals surface area contributed by atoms with Crippen molar-refractivity contribution in [1.82, 2.24) is 10.2 Å². The number of amides is 2. The molecule has 0 aliphatic rings. The molecule has 2 amide bonds. The highest BCUT2D eigenvalue weighted by Crippen LogP contribution is 2.29. The summed E-state index contributed by atoms with van der Waals surface area (Å²) in [6, 6.07) is 17.2. The van der Waals surface area contributed by atoms with Gasteiger partial charge in [0.05, 0.1) is 10.6 Å². The SMILES string of the molecule is CCCNC(=O)C(C)N(Cc1c(Cl)cccc1Cl)C(=O)CN(c1ccc(C)c(C)c1)S(=O)(=O)c1ccccc1. The van der Waals surface area contributed by atoms with Gasteiger partial charge in [0.1, 0.15) is 12.6 Å². The average molecular weight is 591 g/mol. The summed E-state index contributed by atoms with van der Waals surface area (Å²) in [5.74, 6) is -0.945. The number of nitrogens with zero attached hydrogens (tertiary/aromatic N) is 2. The zero-order valence-corrected chi connectivity index (χ0v) is 24.8. The third-order valence-corrected chi connectivity index (χ3v) is 8.99. The molecule has 7 nitrogen and oxygen atoms in total. The molecule has 0 bridgehead atoms. The Hall–Kier alpha value is -3.07. The molecule has 0 saturated carbocycles. The molecule has 1 unspecified atom stereocenters. The molecule has 0 aliphatic carbocycles. The molecule has 0 aromatic heterocycles. The largest absolute Gasteiger partial charge is 0.354 e. The van der Waals surface area contributed by atoms with Crippen LogP contribution >= 0.6 is 23.2 Å². The van der Waals surface area contributed by atoms with Crippen molar-refractivity contribution >= 4 is 50.7 Å². The minimum Gasteiger partial charge on any atom is -0.354 e. The van der Waals surface area contributed by atoms with Gasteiger partial charge in [0.2, 0.25) is 11.8 Å². The second kappa shape index (κ2) is 13.3. The molecule has 1 N–H and O–H groups in total. The van der Waals surface area contributed by atoms with Crippen LogP contribution in [0, 0.1) is 13.8 Å². The van der Waals surface area contributed by atoms with Crippen LogP contribution in [-0.2, 0) is 26.2 Å². The third-order valence-electron chi connectivity index (χ3n) is 6.50. The summed E-state index contributed by atoms with van der Waals surface area (Å²) in [5.41, 5.74) is 2.67. The number of aryl methyl sites for hydroxylation is 2. The first-order chi connectivity index (χ1) is 18.5. The number of nitrogens with one attached hydrogen (secondary N) is 1. The number of sulfonamides is 1. The summed E-state index contributed by atoms with van der Waals surface area (Å²) in [6.45, 7) is 7.14. The summed E-state index contributed by atoms with van der Waals surface area (Å²) < 4.78 is 28.7. The van der Waals surface area contributed by atoms with Gasteiger partial charge >= 0.3 is 0 Å². The van der Waals surface area contributed by atoms with Gasteiger partial charge in [0, 0.05) is 28.7 Å². The second-order valence-corrected chi connectivity index (χ2v) is 12.0. The molecule has 0 radical (unpaired) electrons. The van der Waals surface area contributed by atoms with Gasteiger partial charge in [-0.2, -0.15) is 0 Å². The molecule has 3 rings (SSSR count). The Morgan fingerprint density at radius 3 is 2.15 bits per heavy atom. The molecule has 3 aromatic rings. The number of hydrogen-bond donors (Lipinski definition) is 1. The van der Waals surface area contributed by atoms with Crippen molar-refractivity contribution in [3.05, 3.63) is 93.5 Å². The Balaban J connectivity index is 2.07. The van der Waals surface area contributed by atoms with E-state index in [0.29, 0.717) is 27.8 Å². The van der Waals surface area contributed by atoms with Crippen molar-refractivity contribution in [2.24, 2.45) is 0 Å². The van der Waals surface area contributed by atoms with Gasteiger partial charge < -0.3 is 10.2 Å². The van der Waals surface area contributed by atoms with Gasteiger partial charge in [-0.05, 0) is 74.7 Å². The van der Waals surface area contributed by atoms with E-state index in [4.69, 9.17) is 23.2 Å². The van der Waals surface area contributed by atoms with Gasteiger partial charge in [-0.25, -0.2) is 8.42 Å². The molecule has 1 atom stereocenters. The van der Waals surface area contributed by atoms with Crippen molar-refractivity contribution in [3.63, 3.8) is 0 Å². The smallest absolute Gasteiger partial charge is 0.264 e. The Morgan fingerprint density at radius 1 is 0.923 bits per heavy atom. The lowest BCUT2D eigenvalue weighted by Crippen LogP contribution is -2.51. The van der Waals surface area contributed by atoms with Gasteiger partial charge in [-0.3, -0.25) is 13.9 Å². The third kappa shape index (κ3) is 7.32. The summed E-state index contributed by atoms with van der Waals surface area (Å²) in [4.78, 5) is 28.3. The predicted octanol–water partition coefficient (Wildman–Crippen LogP) is 5.75. The minimum atomic E-state index is -4.13. The van der Waals surface area contributed by atoms with Crippen molar-refractivity contribution in [2.45, 2.75) is 51.6 Å². The maximum absolute atomic E-state index is 14.0. The molecule has 0 aliphatic heterocycles. The fourth-order valence-corrected chi connectivity index (χ4v) is 5.91. The van der Waals surface area contributed by atoms with Crippen LogP contribution in [0.3, 0.4) is 0 Å². The number of anilines is 1. The van der Waals surface area contributed by atoms with E-state index in [2.05, 4.69) is 5.32 Å². The average Bonchev–Trinajstić information content (AvgIpc) is 2.91. The molecule has 39 heavy (non-hydrogen) atoms. The lowest BCUT2D eigenvalue weighted by molar-refractivity contribution is -0.139. The highest BCUT2D eigenvalue weighted by molar-refractivity contribution is 7.92. The van der Waals surface area contributed by atoms with E-state index in [1.54, 1.807) is 55.5 Å². The molecule has 0 fully saturated rings. The van der Waals surface area contributed by atoms with Crippen molar-refractivity contribution in [1.29, 1.82) is 0 Å². The summed E-state index contributed by atoms with van der Waals surface area (Å²) in [6.07, 6.45) is 0.721. The molecular weight excluding hydrogens is 557 g/mol. The lowest BCUT2D eigenvalue weighted by Gasteiger charge is -2.32. The van der Waals surface area contributed by atoms with Gasteiger partial charge in [0.25, 0.3) is 10.0 Å². The van der Waals surface area contributed by atoms with E-state index in [1.807, 2.05) is 26.8 Å². The number of hydrogen-bond acceptors (Lipinski definition) is 4.